The van der Waals surface area contributed by atoms with Crippen molar-refractivity contribution < 1.29 is 8.42 Å². The molecule has 1 N–H and O–H groups in total. The maximum Gasteiger partial charge on any atom is 0.214 e. The van der Waals surface area contributed by atoms with Crippen molar-refractivity contribution in [2.45, 2.75) is 36.3 Å². The molecule has 0 unspecified atom stereocenters. The number of hydrogen-bond donors (Lipinski definition) is 1. The van der Waals surface area contributed by atoms with Crippen LogP contribution in [-0.4, -0.2) is 20.2 Å². The van der Waals surface area contributed by atoms with Crippen LogP contribution in [0.15, 0.2) is 17.5 Å². The van der Waals surface area contributed by atoms with Crippen molar-refractivity contribution in [1.29, 1.82) is 0 Å². The highest BCUT2D eigenvalue weighted by atomic mass is 32.2. The van der Waals surface area contributed by atoms with Gasteiger partial charge in [-0.3, -0.25) is 0 Å². The Balaban J connectivity index is 1.67. The number of rotatable bonds is 5. The van der Waals surface area contributed by atoms with E-state index in [1.54, 1.807) is 11.3 Å². The summed E-state index contributed by atoms with van der Waals surface area (Å²) in [4.78, 5) is 1.32. The smallest absolute Gasteiger partial charge is 0.214 e. The van der Waals surface area contributed by atoms with Gasteiger partial charge in [0.15, 0.2) is 0 Å². The van der Waals surface area contributed by atoms with Crippen LogP contribution in [0.25, 0.3) is 0 Å². The fourth-order valence-corrected chi connectivity index (χ4v) is 4.43. The monoisotopic (exact) mass is 257 g/mol. The van der Waals surface area contributed by atoms with Crippen LogP contribution in [0.5, 0.6) is 0 Å². The van der Waals surface area contributed by atoms with Gasteiger partial charge in [-0.25, -0.2) is 13.1 Å². The molecule has 5 heteroatoms. The van der Waals surface area contributed by atoms with Crippen LogP contribution in [0, 0.1) is 0 Å². The SMILES string of the molecule is O=S(=O)(NCC1(c2cccs2)CC1)C1CC1. The molecule has 0 aromatic carbocycles. The van der Waals surface area contributed by atoms with Crippen LogP contribution >= 0.6 is 11.3 Å². The van der Waals surface area contributed by atoms with E-state index < -0.39 is 10.0 Å². The summed E-state index contributed by atoms with van der Waals surface area (Å²) in [6.07, 6.45) is 3.89. The van der Waals surface area contributed by atoms with E-state index in [0.717, 1.165) is 25.7 Å². The Morgan fingerprint density at radius 3 is 2.69 bits per heavy atom. The predicted molar refractivity (Wildman–Crippen MR) is 65.2 cm³/mol. The summed E-state index contributed by atoms with van der Waals surface area (Å²) in [6, 6.07) is 4.15. The summed E-state index contributed by atoms with van der Waals surface area (Å²) < 4.78 is 26.2. The van der Waals surface area contributed by atoms with Crippen LogP contribution in [0.1, 0.15) is 30.6 Å². The van der Waals surface area contributed by atoms with Gasteiger partial charge < -0.3 is 0 Å². The Bertz CT molecular complexity index is 470. The molecule has 0 amide bonds. The number of hydrogen-bond acceptors (Lipinski definition) is 3. The molecule has 3 nitrogen and oxygen atoms in total. The molecular formula is C11H15NO2S2. The van der Waals surface area contributed by atoms with Crippen molar-refractivity contribution in [1.82, 2.24) is 4.72 Å². The molecule has 1 heterocycles. The molecule has 88 valence electrons. The van der Waals surface area contributed by atoms with Crippen LogP contribution < -0.4 is 4.72 Å². The van der Waals surface area contributed by atoms with Crippen LogP contribution in [0.2, 0.25) is 0 Å². The summed E-state index contributed by atoms with van der Waals surface area (Å²) in [5, 5.41) is 1.96. The molecule has 2 aliphatic carbocycles. The van der Waals surface area contributed by atoms with Crippen molar-refractivity contribution >= 4 is 21.4 Å². The lowest BCUT2D eigenvalue weighted by Gasteiger charge is -2.14. The molecule has 2 aliphatic rings. The first kappa shape index (κ1) is 10.7. The summed E-state index contributed by atoms with van der Waals surface area (Å²) in [6.45, 7) is 0.590. The lowest BCUT2D eigenvalue weighted by atomic mass is 10.1. The molecule has 2 fully saturated rings. The Hall–Kier alpha value is -0.390. The zero-order valence-electron chi connectivity index (χ0n) is 8.98. The van der Waals surface area contributed by atoms with Gasteiger partial charge in [0.25, 0.3) is 0 Å². The minimum absolute atomic E-state index is 0.105. The summed E-state index contributed by atoms with van der Waals surface area (Å²) in [7, 11) is -3.02. The van der Waals surface area contributed by atoms with Crippen molar-refractivity contribution in [3.05, 3.63) is 22.4 Å². The van der Waals surface area contributed by atoms with E-state index in [4.69, 9.17) is 0 Å². The quantitative estimate of drug-likeness (QED) is 0.875. The normalized spacial score (nSPS) is 23.2. The van der Waals surface area contributed by atoms with Gasteiger partial charge in [-0.15, -0.1) is 11.3 Å². The first-order valence-electron chi connectivity index (χ1n) is 5.65. The van der Waals surface area contributed by atoms with Crippen molar-refractivity contribution in [2.75, 3.05) is 6.54 Å². The topological polar surface area (TPSA) is 46.2 Å². The van der Waals surface area contributed by atoms with Crippen LogP contribution in [0.3, 0.4) is 0 Å². The minimum atomic E-state index is -3.02. The third-order valence-corrected chi connectivity index (χ3v) is 6.48. The second kappa shape index (κ2) is 3.55. The molecule has 1 aromatic rings. The predicted octanol–water partition coefficient (Wildman–Crippen LogP) is 1.86. The molecule has 16 heavy (non-hydrogen) atoms. The van der Waals surface area contributed by atoms with E-state index in [1.807, 2.05) is 6.07 Å². The van der Waals surface area contributed by atoms with Crippen LogP contribution in [-0.2, 0) is 15.4 Å². The zero-order valence-corrected chi connectivity index (χ0v) is 10.6. The van der Waals surface area contributed by atoms with E-state index >= 15 is 0 Å². The maximum absolute atomic E-state index is 11.7. The Morgan fingerprint density at radius 2 is 2.19 bits per heavy atom. The van der Waals surface area contributed by atoms with E-state index in [1.165, 1.54) is 4.88 Å². The Labute approximate surface area is 99.9 Å². The van der Waals surface area contributed by atoms with Crippen molar-refractivity contribution in [3.63, 3.8) is 0 Å². The van der Waals surface area contributed by atoms with Crippen molar-refractivity contribution in [2.24, 2.45) is 0 Å². The first-order valence-corrected chi connectivity index (χ1v) is 8.08. The molecule has 0 bridgehead atoms. The molecule has 0 aliphatic heterocycles. The van der Waals surface area contributed by atoms with Crippen LogP contribution in [0.4, 0.5) is 0 Å². The highest BCUT2D eigenvalue weighted by Gasteiger charge is 2.46. The number of nitrogens with one attached hydrogen (secondary N) is 1. The van der Waals surface area contributed by atoms with Gasteiger partial charge >= 0.3 is 0 Å². The second-order valence-electron chi connectivity index (χ2n) is 4.82. The molecule has 0 saturated heterocycles. The number of thiophene rings is 1. The fourth-order valence-electron chi connectivity index (χ4n) is 1.98. The Morgan fingerprint density at radius 1 is 1.44 bits per heavy atom. The highest BCUT2D eigenvalue weighted by Crippen LogP contribution is 2.49. The second-order valence-corrected chi connectivity index (χ2v) is 7.82. The van der Waals surface area contributed by atoms with Gasteiger partial charge in [-0.1, -0.05) is 6.07 Å². The van der Waals surface area contributed by atoms with Gasteiger partial charge in [0.2, 0.25) is 10.0 Å². The maximum atomic E-state index is 11.7. The lowest BCUT2D eigenvalue weighted by molar-refractivity contribution is 0.567. The fraction of sp³-hybridized carbons (Fsp3) is 0.636. The van der Waals surface area contributed by atoms with Gasteiger partial charge in [0.05, 0.1) is 5.25 Å². The molecule has 3 rings (SSSR count). The molecule has 0 spiro atoms. The Kier molecular flexibility index (Phi) is 2.38. The largest absolute Gasteiger partial charge is 0.214 e. The number of sulfonamides is 1. The molecular weight excluding hydrogens is 242 g/mol. The van der Waals surface area contributed by atoms with E-state index in [9.17, 15) is 8.42 Å². The molecule has 0 atom stereocenters. The van der Waals surface area contributed by atoms with E-state index in [2.05, 4.69) is 16.2 Å². The molecule has 0 radical (unpaired) electrons. The van der Waals surface area contributed by atoms with E-state index in [0.29, 0.717) is 6.54 Å². The summed E-state index contributed by atoms with van der Waals surface area (Å²) >= 11 is 1.73. The van der Waals surface area contributed by atoms with Gasteiger partial charge in [0, 0.05) is 16.8 Å². The van der Waals surface area contributed by atoms with E-state index in [-0.39, 0.29) is 10.7 Å². The third-order valence-electron chi connectivity index (χ3n) is 3.47. The zero-order chi connectivity index (χ0) is 11.2. The first-order chi connectivity index (χ1) is 7.62. The van der Waals surface area contributed by atoms with Crippen molar-refractivity contribution in [3.8, 4) is 0 Å². The summed E-state index contributed by atoms with van der Waals surface area (Å²) in [5.74, 6) is 0. The van der Waals surface area contributed by atoms with Gasteiger partial charge in [-0.05, 0) is 37.1 Å². The summed E-state index contributed by atoms with van der Waals surface area (Å²) in [5.41, 5.74) is 0.121. The van der Waals surface area contributed by atoms with Gasteiger partial charge in [0.1, 0.15) is 0 Å². The highest BCUT2D eigenvalue weighted by molar-refractivity contribution is 7.90. The average Bonchev–Trinajstić information content (AvgIpc) is 3.17. The standard InChI is InChI=1S/C11H15NO2S2/c13-16(14,9-3-4-9)12-8-11(5-6-11)10-2-1-7-15-10/h1-2,7,9,12H,3-6,8H2. The molecule has 2 saturated carbocycles. The average molecular weight is 257 g/mol. The van der Waals surface area contributed by atoms with Gasteiger partial charge in [-0.2, -0.15) is 0 Å². The molecule has 1 aromatic heterocycles. The minimum Gasteiger partial charge on any atom is -0.214 e. The lowest BCUT2D eigenvalue weighted by Crippen LogP contribution is -2.34. The third kappa shape index (κ3) is 1.92.